The van der Waals surface area contributed by atoms with Crippen molar-refractivity contribution in [2.45, 2.75) is 20.4 Å². The van der Waals surface area contributed by atoms with Gasteiger partial charge in [-0.3, -0.25) is 9.59 Å². The summed E-state index contributed by atoms with van der Waals surface area (Å²) >= 11 is 0. The quantitative estimate of drug-likeness (QED) is 0.886. The third-order valence-corrected chi connectivity index (χ3v) is 3.14. The number of aromatic nitrogens is 1. The molecule has 0 aliphatic heterocycles. The summed E-state index contributed by atoms with van der Waals surface area (Å²) in [7, 11) is 0. The fraction of sp³-hybridized carbons (Fsp3) is 0.312. The molecule has 6 heteroatoms. The van der Waals surface area contributed by atoms with Gasteiger partial charge in [-0.15, -0.1) is 0 Å². The summed E-state index contributed by atoms with van der Waals surface area (Å²) in [5.74, 6) is -0.0387. The van der Waals surface area contributed by atoms with Crippen LogP contribution in [-0.4, -0.2) is 34.8 Å². The van der Waals surface area contributed by atoms with Crippen LogP contribution in [0.2, 0.25) is 0 Å². The van der Waals surface area contributed by atoms with Crippen LogP contribution < -0.4 is 5.32 Å². The maximum Gasteiger partial charge on any atom is 0.273 e. The third-order valence-electron chi connectivity index (χ3n) is 3.14. The normalized spacial score (nSPS) is 10.3. The van der Waals surface area contributed by atoms with Gasteiger partial charge in [0.25, 0.3) is 11.8 Å². The van der Waals surface area contributed by atoms with E-state index in [9.17, 15) is 9.59 Å². The highest BCUT2D eigenvalue weighted by atomic mass is 16.3. The van der Waals surface area contributed by atoms with Gasteiger partial charge in [0.15, 0.2) is 5.69 Å². The fourth-order valence-electron chi connectivity index (χ4n) is 1.99. The van der Waals surface area contributed by atoms with Crippen LogP contribution in [0.3, 0.4) is 0 Å². The van der Waals surface area contributed by atoms with Gasteiger partial charge in [-0.2, -0.15) is 0 Å². The average Bonchev–Trinajstić information content (AvgIpc) is 3.02. The molecular formula is C16H19N3O3. The lowest BCUT2D eigenvalue weighted by Crippen LogP contribution is -2.30. The Bertz CT molecular complexity index is 637. The summed E-state index contributed by atoms with van der Waals surface area (Å²) < 4.78 is 5.28. The van der Waals surface area contributed by atoms with Gasteiger partial charge in [0.05, 0.1) is 6.54 Å². The minimum atomic E-state index is -0.282. The summed E-state index contributed by atoms with van der Waals surface area (Å²) in [4.78, 5) is 29.8. The molecule has 0 atom stereocenters. The van der Waals surface area contributed by atoms with Crippen molar-refractivity contribution in [2.75, 3.05) is 13.1 Å². The molecule has 2 aromatic rings. The molecule has 1 N–H and O–H groups in total. The second-order valence-electron chi connectivity index (χ2n) is 4.67. The highest BCUT2D eigenvalue weighted by Gasteiger charge is 2.18. The van der Waals surface area contributed by atoms with E-state index in [2.05, 4.69) is 10.3 Å². The average molecular weight is 301 g/mol. The van der Waals surface area contributed by atoms with Gasteiger partial charge in [0.1, 0.15) is 6.26 Å². The highest BCUT2D eigenvalue weighted by Crippen LogP contribution is 2.10. The molecule has 0 spiro atoms. The third kappa shape index (κ3) is 3.72. The van der Waals surface area contributed by atoms with Crippen LogP contribution in [0.5, 0.6) is 0 Å². The minimum Gasteiger partial charge on any atom is -0.446 e. The Labute approximate surface area is 129 Å². The lowest BCUT2D eigenvalue weighted by atomic mass is 10.2. The maximum atomic E-state index is 12.4. The van der Waals surface area contributed by atoms with Crippen molar-refractivity contribution >= 4 is 11.8 Å². The first kappa shape index (κ1) is 15.8. The molecule has 116 valence electrons. The maximum absolute atomic E-state index is 12.4. The van der Waals surface area contributed by atoms with Crippen LogP contribution in [0, 0.1) is 0 Å². The van der Waals surface area contributed by atoms with Crippen molar-refractivity contribution < 1.29 is 14.0 Å². The Hall–Kier alpha value is -2.63. The number of nitrogens with one attached hydrogen (secondary N) is 1. The number of carbonyl (C=O) groups excluding carboxylic acids is 2. The number of benzene rings is 1. The smallest absolute Gasteiger partial charge is 0.273 e. The first-order chi connectivity index (χ1) is 10.7. The Morgan fingerprint density at radius 3 is 2.59 bits per heavy atom. The van der Waals surface area contributed by atoms with Crippen LogP contribution in [0.15, 0.2) is 41.0 Å². The van der Waals surface area contributed by atoms with Crippen LogP contribution in [0.1, 0.15) is 40.6 Å². The molecule has 1 aromatic carbocycles. The first-order valence-corrected chi connectivity index (χ1v) is 7.22. The monoisotopic (exact) mass is 301 g/mol. The number of carbonyl (C=O) groups is 2. The van der Waals surface area contributed by atoms with Crippen molar-refractivity contribution in [3.8, 4) is 0 Å². The minimum absolute atomic E-state index is 0.0964. The van der Waals surface area contributed by atoms with E-state index in [1.54, 1.807) is 17.0 Å². The summed E-state index contributed by atoms with van der Waals surface area (Å²) in [5.41, 5.74) is 0.833. The number of rotatable bonds is 6. The largest absolute Gasteiger partial charge is 0.446 e. The van der Waals surface area contributed by atoms with Gasteiger partial charge in [-0.25, -0.2) is 4.98 Å². The van der Waals surface area contributed by atoms with E-state index < -0.39 is 0 Å². The summed E-state index contributed by atoms with van der Waals surface area (Å²) in [6.45, 7) is 4.98. The molecule has 0 unspecified atom stereocenters. The molecule has 0 saturated heterocycles. The Balaban J connectivity index is 2.07. The van der Waals surface area contributed by atoms with Gasteiger partial charge in [0.2, 0.25) is 5.89 Å². The van der Waals surface area contributed by atoms with Crippen LogP contribution in [-0.2, 0) is 6.54 Å². The second kappa shape index (κ2) is 7.40. The van der Waals surface area contributed by atoms with E-state index >= 15 is 0 Å². The molecule has 0 aliphatic carbocycles. The number of hydrogen-bond acceptors (Lipinski definition) is 4. The first-order valence-electron chi connectivity index (χ1n) is 7.22. The van der Waals surface area contributed by atoms with Crippen molar-refractivity contribution in [3.05, 3.63) is 53.7 Å². The summed E-state index contributed by atoms with van der Waals surface area (Å²) in [6, 6.07) is 9.03. The Morgan fingerprint density at radius 1 is 1.23 bits per heavy atom. The molecule has 0 fully saturated rings. The van der Waals surface area contributed by atoms with Crippen LogP contribution >= 0.6 is 0 Å². The highest BCUT2D eigenvalue weighted by molar-refractivity contribution is 5.94. The van der Waals surface area contributed by atoms with Crippen LogP contribution in [0.4, 0.5) is 0 Å². The SMILES string of the molecule is CCNC(=O)c1coc(CN(CC)C(=O)c2ccccc2)n1. The van der Waals surface area contributed by atoms with Gasteiger partial charge >= 0.3 is 0 Å². The lowest BCUT2D eigenvalue weighted by Gasteiger charge is -2.19. The lowest BCUT2D eigenvalue weighted by molar-refractivity contribution is 0.0738. The molecule has 0 radical (unpaired) electrons. The Morgan fingerprint density at radius 2 is 1.95 bits per heavy atom. The van der Waals surface area contributed by atoms with Gasteiger partial charge < -0.3 is 14.6 Å². The molecule has 0 aliphatic rings. The van der Waals surface area contributed by atoms with E-state index in [4.69, 9.17) is 4.42 Å². The number of nitrogens with zero attached hydrogens (tertiary/aromatic N) is 2. The van der Waals surface area contributed by atoms with E-state index in [1.807, 2.05) is 32.0 Å². The standard InChI is InChI=1S/C16H19N3O3/c1-3-17-15(20)13-11-22-14(18-13)10-19(4-2)16(21)12-8-6-5-7-9-12/h5-9,11H,3-4,10H2,1-2H3,(H,17,20). The molecular weight excluding hydrogens is 282 g/mol. The fourth-order valence-corrected chi connectivity index (χ4v) is 1.99. The van der Waals surface area contributed by atoms with Crippen molar-refractivity contribution in [2.24, 2.45) is 0 Å². The number of amides is 2. The van der Waals surface area contributed by atoms with Gasteiger partial charge in [-0.1, -0.05) is 18.2 Å². The number of hydrogen-bond donors (Lipinski definition) is 1. The van der Waals surface area contributed by atoms with Crippen molar-refractivity contribution in [3.63, 3.8) is 0 Å². The van der Waals surface area contributed by atoms with E-state index in [0.29, 0.717) is 24.5 Å². The molecule has 0 saturated carbocycles. The molecule has 0 bridgehead atoms. The van der Waals surface area contributed by atoms with Crippen molar-refractivity contribution in [1.82, 2.24) is 15.2 Å². The molecule has 6 nitrogen and oxygen atoms in total. The van der Waals surface area contributed by atoms with E-state index in [0.717, 1.165) is 0 Å². The molecule has 22 heavy (non-hydrogen) atoms. The Kier molecular flexibility index (Phi) is 5.30. The number of oxazole rings is 1. The second-order valence-corrected chi connectivity index (χ2v) is 4.67. The molecule has 2 amide bonds. The zero-order chi connectivity index (χ0) is 15.9. The summed E-state index contributed by atoms with van der Waals surface area (Å²) in [5, 5.41) is 2.65. The predicted molar refractivity (Wildman–Crippen MR) is 81.4 cm³/mol. The van der Waals surface area contributed by atoms with E-state index in [-0.39, 0.29) is 24.1 Å². The van der Waals surface area contributed by atoms with Crippen LogP contribution in [0.25, 0.3) is 0 Å². The zero-order valence-electron chi connectivity index (χ0n) is 12.7. The topological polar surface area (TPSA) is 75.4 Å². The summed E-state index contributed by atoms with van der Waals surface area (Å²) in [6.07, 6.45) is 1.31. The van der Waals surface area contributed by atoms with Gasteiger partial charge in [0, 0.05) is 18.7 Å². The van der Waals surface area contributed by atoms with Gasteiger partial charge in [-0.05, 0) is 26.0 Å². The molecule has 1 heterocycles. The van der Waals surface area contributed by atoms with Crippen molar-refractivity contribution in [1.29, 1.82) is 0 Å². The predicted octanol–water partition coefficient (Wildman–Crippen LogP) is 2.09. The van der Waals surface area contributed by atoms with E-state index in [1.165, 1.54) is 6.26 Å². The molecule has 2 rings (SSSR count). The molecule has 1 aromatic heterocycles. The zero-order valence-corrected chi connectivity index (χ0v) is 12.7.